The Hall–Kier alpha value is -2.07. The van der Waals surface area contributed by atoms with Gasteiger partial charge >= 0.3 is 5.97 Å². The van der Waals surface area contributed by atoms with Gasteiger partial charge in [0.05, 0.1) is 6.10 Å². The molecule has 0 amide bonds. The van der Waals surface area contributed by atoms with Crippen molar-refractivity contribution in [3.8, 4) is 11.5 Å². The van der Waals surface area contributed by atoms with Crippen molar-refractivity contribution in [1.29, 1.82) is 0 Å². The predicted octanol–water partition coefficient (Wildman–Crippen LogP) is 4.50. The summed E-state index contributed by atoms with van der Waals surface area (Å²) < 4.78 is 16.6. The van der Waals surface area contributed by atoms with Gasteiger partial charge in [-0.2, -0.15) is 0 Å². The summed E-state index contributed by atoms with van der Waals surface area (Å²) >= 11 is 0. The summed E-state index contributed by atoms with van der Waals surface area (Å²) in [5.41, 5.74) is 1.15. The van der Waals surface area contributed by atoms with E-state index in [1.807, 2.05) is 6.07 Å². The van der Waals surface area contributed by atoms with Crippen LogP contribution in [0.1, 0.15) is 44.6 Å². The first-order chi connectivity index (χ1) is 11.1. The van der Waals surface area contributed by atoms with Crippen LogP contribution in [0.4, 0.5) is 0 Å². The van der Waals surface area contributed by atoms with Gasteiger partial charge in [0.1, 0.15) is 11.5 Å². The number of hydrogen-bond donors (Lipinski definition) is 0. The molecule has 0 aliphatic heterocycles. The standard InChI is InChI=1S/C19H24O4/c1-4-15-10-17(12-18(11-15)23-19(20)14(2)3)22-13-21-16-8-6-5-7-9-16/h4,10-12,16H,1-2,5-9,13H2,3H3. The Morgan fingerprint density at radius 3 is 2.57 bits per heavy atom. The highest BCUT2D eigenvalue weighted by atomic mass is 16.7. The highest BCUT2D eigenvalue weighted by molar-refractivity contribution is 5.88. The van der Waals surface area contributed by atoms with Gasteiger partial charge in [-0.3, -0.25) is 0 Å². The number of carbonyl (C=O) groups is 1. The van der Waals surface area contributed by atoms with Crippen LogP contribution in [0.25, 0.3) is 6.08 Å². The number of rotatable bonds is 7. The SMILES string of the molecule is C=Cc1cc(OCOC2CCCCC2)cc(OC(=O)C(=C)C)c1. The number of ether oxygens (including phenoxy) is 3. The molecule has 0 unspecified atom stereocenters. The van der Waals surface area contributed by atoms with Gasteiger partial charge in [-0.25, -0.2) is 4.79 Å². The third-order valence-corrected chi connectivity index (χ3v) is 3.78. The summed E-state index contributed by atoms with van der Waals surface area (Å²) in [5.74, 6) is 0.529. The average Bonchev–Trinajstić information content (AvgIpc) is 2.55. The molecule has 2 rings (SSSR count). The van der Waals surface area contributed by atoms with Crippen LogP contribution in [0, 0.1) is 0 Å². The maximum Gasteiger partial charge on any atom is 0.338 e. The first-order valence-corrected chi connectivity index (χ1v) is 7.98. The molecule has 0 spiro atoms. The monoisotopic (exact) mass is 316 g/mol. The Labute approximate surface area is 137 Å². The minimum Gasteiger partial charge on any atom is -0.467 e. The van der Waals surface area contributed by atoms with Gasteiger partial charge in [0.25, 0.3) is 0 Å². The molecule has 1 saturated carbocycles. The van der Waals surface area contributed by atoms with Crippen LogP contribution in [0.15, 0.2) is 36.9 Å². The van der Waals surface area contributed by atoms with E-state index in [2.05, 4.69) is 13.2 Å². The second-order valence-corrected chi connectivity index (χ2v) is 5.80. The summed E-state index contributed by atoms with van der Waals surface area (Å²) in [6, 6.07) is 5.22. The maximum absolute atomic E-state index is 11.6. The normalized spacial score (nSPS) is 15.0. The molecule has 0 radical (unpaired) electrons. The van der Waals surface area contributed by atoms with Gasteiger partial charge in [-0.1, -0.05) is 38.5 Å². The van der Waals surface area contributed by atoms with E-state index in [1.54, 1.807) is 25.1 Å². The molecule has 1 fully saturated rings. The summed E-state index contributed by atoms with van der Waals surface area (Å²) in [4.78, 5) is 11.6. The quantitative estimate of drug-likeness (QED) is 0.322. The van der Waals surface area contributed by atoms with Gasteiger partial charge < -0.3 is 14.2 Å². The Kier molecular flexibility index (Phi) is 6.41. The first-order valence-electron chi connectivity index (χ1n) is 7.98. The summed E-state index contributed by atoms with van der Waals surface area (Å²) in [5, 5.41) is 0. The molecule has 0 bridgehead atoms. The third kappa shape index (κ3) is 5.57. The van der Waals surface area contributed by atoms with Crippen molar-refractivity contribution in [3.05, 3.63) is 42.5 Å². The Morgan fingerprint density at radius 1 is 1.22 bits per heavy atom. The highest BCUT2D eigenvalue weighted by Crippen LogP contribution is 2.25. The number of esters is 1. The van der Waals surface area contributed by atoms with E-state index in [0.717, 1.165) is 18.4 Å². The van der Waals surface area contributed by atoms with E-state index in [4.69, 9.17) is 14.2 Å². The summed E-state index contributed by atoms with van der Waals surface area (Å²) in [6.07, 6.45) is 7.88. The van der Waals surface area contributed by atoms with Crippen LogP contribution in [0.5, 0.6) is 11.5 Å². The molecule has 0 heterocycles. The largest absolute Gasteiger partial charge is 0.467 e. The molecule has 1 aromatic rings. The van der Waals surface area contributed by atoms with E-state index in [9.17, 15) is 4.79 Å². The molecule has 4 nitrogen and oxygen atoms in total. The smallest absolute Gasteiger partial charge is 0.338 e. The molecule has 0 aromatic heterocycles. The van der Waals surface area contributed by atoms with Gasteiger partial charge in [-0.15, -0.1) is 0 Å². The first kappa shape index (κ1) is 17.3. The molecular formula is C19H24O4. The third-order valence-electron chi connectivity index (χ3n) is 3.78. The van der Waals surface area contributed by atoms with E-state index in [0.29, 0.717) is 17.1 Å². The second kappa shape index (κ2) is 8.53. The van der Waals surface area contributed by atoms with Crippen LogP contribution in [0.3, 0.4) is 0 Å². The zero-order valence-corrected chi connectivity index (χ0v) is 13.7. The Bertz CT molecular complexity index is 571. The molecule has 4 heteroatoms. The molecule has 23 heavy (non-hydrogen) atoms. The highest BCUT2D eigenvalue weighted by Gasteiger charge is 2.14. The van der Waals surface area contributed by atoms with Crippen molar-refractivity contribution < 1.29 is 19.0 Å². The van der Waals surface area contributed by atoms with Crippen molar-refractivity contribution in [1.82, 2.24) is 0 Å². The van der Waals surface area contributed by atoms with Crippen molar-refractivity contribution in [2.24, 2.45) is 0 Å². The lowest BCUT2D eigenvalue weighted by molar-refractivity contribution is -0.130. The Morgan fingerprint density at radius 2 is 1.91 bits per heavy atom. The van der Waals surface area contributed by atoms with E-state index < -0.39 is 5.97 Å². The maximum atomic E-state index is 11.6. The van der Waals surface area contributed by atoms with Crippen molar-refractivity contribution in [3.63, 3.8) is 0 Å². The topological polar surface area (TPSA) is 44.8 Å². The van der Waals surface area contributed by atoms with Gasteiger partial charge in [0.2, 0.25) is 0 Å². The minimum absolute atomic E-state index is 0.194. The van der Waals surface area contributed by atoms with Crippen LogP contribution in [0.2, 0.25) is 0 Å². The lowest BCUT2D eigenvalue weighted by Crippen LogP contribution is -2.19. The van der Waals surface area contributed by atoms with Gasteiger partial charge in [-0.05, 0) is 37.5 Å². The fourth-order valence-corrected chi connectivity index (χ4v) is 2.48. The van der Waals surface area contributed by atoms with Crippen molar-refractivity contribution in [2.75, 3.05) is 6.79 Å². The second-order valence-electron chi connectivity index (χ2n) is 5.80. The zero-order valence-electron chi connectivity index (χ0n) is 13.7. The van der Waals surface area contributed by atoms with Crippen LogP contribution in [-0.2, 0) is 9.53 Å². The molecular weight excluding hydrogens is 292 g/mol. The Balaban J connectivity index is 1.95. The van der Waals surface area contributed by atoms with Crippen molar-refractivity contribution >= 4 is 12.0 Å². The summed E-state index contributed by atoms with van der Waals surface area (Å²) in [6.45, 7) is 9.11. The minimum atomic E-state index is -0.462. The van der Waals surface area contributed by atoms with Gasteiger partial charge in [0, 0.05) is 11.6 Å². The van der Waals surface area contributed by atoms with Gasteiger partial charge in [0.15, 0.2) is 6.79 Å². The summed E-state index contributed by atoms with van der Waals surface area (Å²) in [7, 11) is 0. The fraction of sp³-hybridized carbons (Fsp3) is 0.421. The number of carbonyl (C=O) groups excluding carboxylic acids is 1. The molecule has 0 N–H and O–H groups in total. The molecule has 1 aliphatic carbocycles. The van der Waals surface area contributed by atoms with E-state index in [-0.39, 0.29) is 12.9 Å². The molecule has 0 saturated heterocycles. The average molecular weight is 316 g/mol. The zero-order chi connectivity index (χ0) is 16.7. The molecule has 1 aromatic carbocycles. The molecule has 124 valence electrons. The van der Waals surface area contributed by atoms with Crippen molar-refractivity contribution in [2.45, 2.75) is 45.1 Å². The predicted molar refractivity (Wildman–Crippen MR) is 90.4 cm³/mol. The van der Waals surface area contributed by atoms with Crippen LogP contribution < -0.4 is 9.47 Å². The number of benzene rings is 1. The molecule has 0 atom stereocenters. The lowest BCUT2D eigenvalue weighted by atomic mass is 9.98. The van der Waals surface area contributed by atoms with Crippen LogP contribution >= 0.6 is 0 Å². The van der Waals surface area contributed by atoms with E-state index >= 15 is 0 Å². The van der Waals surface area contributed by atoms with Crippen LogP contribution in [-0.4, -0.2) is 18.9 Å². The fourth-order valence-electron chi connectivity index (χ4n) is 2.48. The van der Waals surface area contributed by atoms with E-state index in [1.165, 1.54) is 19.3 Å². The lowest BCUT2D eigenvalue weighted by Gasteiger charge is -2.22. The number of hydrogen-bond acceptors (Lipinski definition) is 4. The molecule has 1 aliphatic rings.